The summed E-state index contributed by atoms with van der Waals surface area (Å²) in [6.45, 7) is 0.785. The Balaban J connectivity index is 1.73. The standard InChI is InChI=1S/C22H17Cl2N2OS/c1-27-22-20(24)9-16(11-25-22)18-8-7-17(23)10-19(18)21-13-28-14-26(21)12-15-5-3-2-4-6-15/h2-11,13-14H,12H2,1H3. The van der Waals surface area contributed by atoms with E-state index < -0.39 is 0 Å². The summed E-state index contributed by atoms with van der Waals surface area (Å²) in [5.74, 6) is 2.53. The van der Waals surface area contributed by atoms with Crippen LogP contribution in [0.5, 0.6) is 5.88 Å². The Labute approximate surface area is 178 Å². The summed E-state index contributed by atoms with van der Waals surface area (Å²) in [6.07, 6.45) is 1.77. The van der Waals surface area contributed by atoms with E-state index in [-0.39, 0.29) is 0 Å². The SMILES string of the molecule is COc1ncc(-c2ccc(Cl)cc2C2=CS[CH]N2Cc2ccccc2)cc1Cl. The van der Waals surface area contributed by atoms with Gasteiger partial charge in [0.15, 0.2) is 0 Å². The van der Waals surface area contributed by atoms with Gasteiger partial charge in [-0.2, -0.15) is 0 Å². The van der Waals surface area contributed by atoms with Crippen molar-refractivity contribution < 1.29 is 4.74 Å². The van der Waals surface area contributed by atoms with Crippen molar-refractivity contribution in [3.63, 3.8) is 0 Å². The van der Waals surface area contributed by atoms with E-state index in [1.54, 1.807) is 25.1 Å². The normalized spacial score (nSPS) is 13.5. The van der Waals surface area contributed by atoms with Crippen molar-refractivity contribution in [3.05, 3.63) is 93.3 Å². The third-order valence-electron chi connectivity index (χ3n) is 4.44. The van der Waals surface area contributed by atoms with Crippen LogP contribution in [0.4, 0.5) is 0 Å². The Morgan fingerprint density at radius 3 is 2.61 bits per heavy atom. The summed E-state index contributed by atoms with van der Waals surface area (Å²) in [5, 5.41) is 3.29. The van der Waals surface area contributed by atoms with Gasteiger partial charge in [0.2, 0.25) is 5.88 Å². The third kappa shape index (κ3) is 4.00. The van der Waals surface area contributed by atoms with Crippen LogP contribution in [0.2, 0.25) is 10.0 Å². The maximum atomic E-state index is 6.35. The molecule has 1 aliphatic rings. The van der Waals surface area contributed by atoms with E-state index in [9.17, 15) is 0 Å². The molecule has 0 amide bonds. The second-order valence-electron chi connectivity index (χ2n) is 6.26. The van der Waals surface area contributed by atoms with Gasteiger partial charge >= 0.3 is 0 Å². The van der Waals surface area contributed by atoms with Crippen LogP contribution in [0, 0.1) is 5.88 Å². The van der Waals surface area contributed by atoms with Crippen molar-refractivity contribution >= 4 is 40.7 Å². The largest absolute Gasteiger partial charge is 0.480 e. The van der Waals surface area contributed by atoms with E-state index in [0.717, 1.165) is 28.9 Å². The van der Waals surface area contributed by atoms with Crippen LogP contribution in [0.25, 0.3) is 16.8 Å². The molecule has 2 heterocycles. The first-order chi connectivity index (χ1) is 13.7. The molecule has 3 nitrogen and oxygen atoms in total. The van der Waals surface area contributed by atoms with E-state index in [1.807, 2.05) is 30.3 Å². The van der Waals surface area contributed by atoms with Gasteiger partial charge in [-0.15, -0.1) is 11.8 Å². The first-order valence-corrected chi connectivity index (χ1v) is 10.3. The number of thioether (sulfide) groups is 1. The Hall–Kier alpha value is -2.14. The molecule has 4 rings (SSSR count). The zero-order valence-corrected chi connectivity index (χ0v) is 17.4. The summed E-state index contributed by atoms with van der Waals surface area (Å²) < 4.78 is 5.18. The Bertz CT molecular complexity index is 1020. The summed E-state index contributed by atoms with van der Waals surface area (Å²) in [7, 11) is 1.56. The molecule has 0 bridgehead atoms. The fourth-order valence-corrected chi connectivity index (χ4v) is 4.32. The number of halogens is 2. The molecule has 3 aromatic rings. The van der Waals surface area contributed by atoms with Crippen molar-refractivity contribution in [1.82, 2.24) is 9.88 Å². The van der Waals surface area contributed by atoms with Gasteiger partial charge < -0.3 is 9.64 Å². The molecule has 1 aromatic heterocycles. The summed E-state index contributed by atoms with van der Waals surface area (Å²) >= 11 is 14.3. The van der Waals surface area contributed by atoms with Gasteiger partial charge in [0.1, 0.15) is 10.9 Å². The fraction of sp³-hybridized carbons (Fsp3) is 0.0909. The molecule has 2 aromatic carbocycles. The minimum Gasteiger partial charge on any atom is -0.480 e. The minimum atomic E-state index is 0.413. The molecule has 28 heavy (non-hydrogen) atoms. The molecule has 0 spiro atoms. The predicted octanol–water partition coefficient (Wildman–Crippen LogP) is 6.73. The van der Waals surface area contributed by atoms with Gasteiger partial charge in [-0.1, -0.05) is 59.6 Å². The fourth-order valence-electron chi connectivity index (χ4n) is 3.12. The first kappa shape index (κ1) is 19.2. The molecular weight excluding hydrogens is 411 g/mol. The maximum absolute atomic E-state index is 6.35. The Morgan fingerprint density at radius 1 is 1.04 bits per heavy atom. The molecule has 1 aliphatic heterocycles. The van der Waals surface area contributed by atoms with Gasteiger partial charge in [0.05, 0.1) is 12.8 Å². The summed E-state index contributed by atoms with van der Waals surface area (Å²) in [5.41, 5.74) is 5.30. The molecule has 0 saturated heterocycles. The minimum absolute atomic E-state index is 0.413. The number of aromatic nitrogens is 1. The van der Waals surface area contributed by atoms with Gasteiger partial charge in [-0.05, 0) is 34.7 Å². The average molecular weight is 428 g/mol. The maximum Gasteiger partial charge on any atom is 0.232 e. The summed E-state index contributed by atoms with van der Waals surface area (Å²) in [4.78, 5) is 6.55. The van der Waals surface area contributed by atoms with E-state index in [0.29, 0.717) is 15.9 Å². The van der Waals surface area contributed by atoms with Gasteiger partial charge in [-0.25, -0.2) is 4.98 Å². The number of rotatable bonds is 5. The smallest absolute Gasteiger partial charge is 0.232 e. The zero-order chi connectivity index (χ0) is 19.5. The van der Waals surface area contributed by atoms with E-state index >= 15 is 0 Å². The number of pyridine rings is 1. The van der Waals surface area contributed by atoms with E-state index in [1.165, 1.54) is 5.56 Å². The van der Waals surface area contributed by atoms with Crippen molar-refractivity contribution in [2.75, 3.05) is 7.11 Å². The van der Waals surface area contributed by atoms with Gasteiger partial charge in [-0.3, -0.25) is 0 Å². The second-order valence-corrected chi connectivity index (χ2v) is 7.83. The van der Waals surface area contributed by atoms with Crippen LogP contribution in [-0.4, -0.2) is 17.0 Å². The highest BCUT2D eigenvalue weighted by atomic mass is 35.5. The lowest BCUT2D eigenvalue weighted by Crippen LogP contribution is -2.15. The molecular formula is C22H17Cl2N2OS. The molecule has 0 saturated carbocycles. The number of hydrogen-bond acceptors (Lipinski definition) is 4. The van der Waals surface area contributed by atoms with Crippen LogP contribution in [0.1, 0.15) is 11.1 Å². The van der Waals surface area contributed by atoms with Crippen molar-refractivity contribution in [3.8, 4) is 17.0 Å². The topological polar surface area (TPSA) is 25.4 Å². The van der Waals surface area contributed by atoms with Crippen LogP contribution >= 0.6 is 35.0 Å². The summed E-state index contributed by atoms with van der Waals surface area (Å²) in [6, 6.07) is 18.1. The number of methoxy groups -OCH3 is 1. The number of ether oxygens (including phenoxy) is 1. The Morgan fingerprint density at radius 2 is 1.86 bits per heavy atom. The molecule has 0 fully saturated rings. The predicted molar refractivity (Wildman–Crippen MR) is 118 cm³/mol. The molecule has 0 N–H and O–H groups in total. The van der Waals surface area contributed by atoms with Crippen molar-refractivity contribution in [2.45, 2.75) is 6.54 Å². The van der Waals surface area contributed by atoms with Crippen LogP contribution in [0.15, 0.2) is 66.2 Å². The molecule has 1 radical (unpaired) electrons. The average Bonchev–Trinajstić information content (AvgIpc) is 3.16. The molecule has 0 aliphatic carbocycles. The molecule has 0 atom stereocenters. The quantitative estimate of drug-likeness (QED) is 0.450. The van der Waals surface area contributed by atoms with Crippen LogP contribution < -0.4 is 4.74 Å². The number of hydrogen-bond donors (Lipinski definition) is 0. The highest BCUT2D eigenvalue weighted by Gasteiger charge is 2.22. The molecule has 0 unspecified atom stereocenters. The molecule has 141 valence electrons. The highest BCUT2D eigenvalue weighted by molar-refractivity contribution is 8.04. The first-order valence-electron chi connectivity index (χ1n) is 8.65. The van der Waals surface area contributed by atoms with E-state index in [4.69, 9.17) is 27.9 Å². The van der Waals surface area contributed by atoms with Crippen LogP contribution in [-0.2, 0) is 6.54 Å². The van der Waals surface area contributed by atoms with Crippen LogP contribution in [0.3, 0.4) is 0 Å². The third-order valence-corrected chi connectivity index (χ3v) is 5.68. The zero-order valence-electron chi connectivity index (χ0n) is 15.1. The lowest BCUT2D eigenvalue weighted by molar-refractivity contribution is 0.398. The lowest BCUT2D eigenvalue weighted by atomic mass is 9.98. The van der Waals surface area contributed by atoms with E-state index in [2.05, 4.69) is 45.4 Å². The van der Waals surface area contributed by atoms with Gasteiger partial charge in [0.25, 0.3) is 0 Å². The lowest BCUT2D eigenvalue weighted by Gasteiger charge is -2.23. The molecule has 6 heteroatoms. The highest BCUT2D eigenvalue weighted by Crippen LogP contribution is 2.41. The Kier molecular flexibility index (Phi) is 5.81. The second kappa shape index (κ2) is 8.48. The monoisotopic (exact) mass is 427 g/mol. The number of nitrogens with zero attached hydrogens (tertiary/aromatic N) is 2. The van der Waals surface area contributed by atoms with Crippen molar-refractivity contribution in [2.24, 2.45) is 0 Å². The van der Waals surface area contributed by atoms with Crippen molar-refractivity contribution in [1.29, 1.82) is 0 Å². The number of benzene rings is 2. The van der Waals surface area contributed by atoms with Gasteiger partial charge in [0, 0.05) is 28.9 Å².